The normalized spacial score (nSPS) is 18.6. The molecular formula is C15H17N5O. The molecule has 0 bridgehead atoms. The van der Waals surface area contributed by atoms with Gasteiger partial charge in [0.25, 0.3) is 0 Å². The highest BCUT2D eigenvalue weighted by molar-refractivity contribution is 6.09. The number of nitrogens with one attached hydrogen (secondary N) is 2. The maximum absolute atomic E-state index is 6.05. The topological polar surface area (TPSA) is 88.9 Å². The SMILES string of the molecule is Nc1cc2c(cn1)[nH]c1nccc(OC[C@H]3CCNC3)c12. The lowest BCUT2D eigenvalue weighted by molar-refractivity contribution is 0.263. The number of nitrogens with zero attached hydrogens (tertiary/aromatic N) is 2. The number of fused-ring (bicyclic) bond motifs is 3. The number of pyridine rings is 2. The van der Waals surface area contributed by atoms with E-state index in [1.54, 1.807) is 12.4 Å². The number of nitrogen functional groups attached to an aromatic ring is 1. The average Bonchev–Trinajstić information content (AvgIpc) is 3.12. The number of hydrogen-bond acceptors (Lipinski definition) is 5. The van der Waals surface area contributed by atoms with E-state index in [0.717, 1.165) is 47.4 Å². The number of anilines is 1. The minimum atomic E-state index is 0.498. The number of H-pyrrole nitrogens is 1. The van der Waals surface area contributed by atoms with Gasteiger partial charge in [-0.1, -0.05) is 0 Å². The van der Waals surface area contributed by atoms with Crippen molar-refractivity contribution in [2.75, 3.05) is 25.4 Å². The standard InChI is InChI=1S/C15H17N5O/c16-13-5-10-11(7-19-13)20-15-14(10)12(2-4-18-15)21-8-9-1-3-17-6-9/h2,4-5,7,9,17H,1,3,6,8H2,(H2,16,19)(H,18,20)/t9-/m0/s1. The smallest absolute Gasteiger partial charge is 0.142 e. The molecular weight excluding hydrogens is 266 g/mol. The number of nitrogens with two attached hydrogens (primary N) is 1. The molecule has 1 aliphatic heterocycles. The van der Waals surface area contributed by atoms with Crippen molar-refractivity contribution >= 4 is 27.8 Å². The first-order valence-corrected chi connectivity index (χ1v) is 7.16. The molecule has 0 aliphatic carbocycles. The quantitative estimate of drug-likeness (QED) is 0.680. The molecule has 0 saturated carbocycles. The molecule has 4 rings (SSSR count). The summed E-state index contributed by atoms with van der Waals surface area (Å²) in [6.45, 7) is 2.83. The third kappa shape index (κ3) is 2.17. The van der Waals surface area contributed by atoms with Gasteiger partial charge < -0.3 is 20.8 Å². The lowest BCUT2D eigenvalue weighted by Gasteiger charge is -2.11. The predicted molar refractivity (Wildman–Crippen MR) is 82.3 cm³/mol. The van der Waals surface area contributed by atoms with Crippen LogP contribution in [0.1, 0.15) is 6.42 Å². The minimum Gasteiger partial charge on any atom is -0.492 e. The van der Waals surface area contributed by atoms with Gasteiger partial charge in [-0.3, -0.25) is 0 Å². The second-order valence-electron chi connectivity index (χ2n) is 5.48. The van der Waals surface area contributed by atoms with Crippen LogP contribution in [0.5, 0.6) is 5.75 Å². The fraction of sp³-hybridized carbons (Fsp3) is 0.333. The Bertz CT molecular complexity index is 791. The minimum absolute atomic E-state index is 0.498. The van der Waals surface area contributed by atoms with Crippen molar-refractivity contribution < 1.29 is 4.74 Å². The molecule has 6 nitrogen and oxygen atoms in total. The Morgan fingerprint density at radius 2 is 2.33 bits per heavy atom. The van der Waals surface area contributed by atoms with Gasteiger partial charge in [-0.15, -0.1) is 0 Å². The Labute approximate surface area is 121 Å². The van der Waals surface area contributed by atoms with E-state index < -0.39 is 0 Å². The van der Waals surface area contributed by atoms with Crippen LogP contribution in [0.15, 0.2) is 24.5 Å². The van der Waals surface area contributed by atoms with Gasteiger partial charge >= 0.3 is 0 Å². The molecule has 0 radical (unpaired) electrons. The van der Waals surface area contributed by atoms with E-state index in [-0.39, 0.29) is 0 Å². The van der Waals surface area contributed by atoms with Crippen molar-refractivity contribution in [2.45, 2.75) is 6.42 Å². The lowest BCUT2D eigenvalue weighted by atomic mass is 10.1. The zero-order chi connectivity index (χ0) is 14.2. The average molecular weight is 283 g/mol. The van der Waals surface area contributed by atoms with E-state index in [1.165, 1.54) is 6.42 Å². The molecule has 0 aromatic carbocycles. The lowest BCUT2D eigenvalue weighted by Crippen LogP contribution is -2.15. The maximum atomic E-state index is 6.05. The Morgan fingerprint density at radius 1 is 1.38 bits per heavy atom. The number of hydrogen-bond donors (Lipinski definition) is 3. The highest BCUT2D eigenvalue weighted by Gasteiger charge is 2.17. The summed E-state index contributed by atoms with van der Waals surface area (Å²) >= 11 is 0. The Kier molecular flexibility index (Phi) is 2.89. The molecule has 0 unspecified atom stereocenters. The molecule has 1 aliphatic rings. The first-order chi connectivity index (χ1) is 10.3. The Balaban J connectivity index is 1.76. The Hall–Kier alpha value is -2.34. The summed E-state index contributed by atoms with van der Waals surface area (Å²) in [5, 5.41) is 5.34. The fourth-order valence-corrected chi connectivity index (χ4v) is 2.89. The zero-order valence-electron chi connectivity index (χ0n) is 11.6. The third-order valence-electron chi connectivity index (χ3n) is 4.00. The van der Waals surface area contributed by atoms with E-state index >= 15 is 0 Å². The van der Waals surface area contributed by atoms with E-state index in [9.17, 15) is 0 Å². The van der Waals surface area contributed by atoms with E-state index in [2.05, 4.69) is 20.3 Å². The van der Waals surface area contributed by atoms with Gasteiger partial charge in [0.2, 0.25) is 0 Å². The fourth-order valence-electron chi connectivity index (χ4n) is 2.89. The van der Waals surface area contributed by atoms with Gasteiger partial charge in [-0.25, -0.2) is 9.97 Å². The summed E-state index contributed by atoms with van der Waals surface area (Å²) in [6, 6.07) is 3.77. The van der Waals surface area contributed by atoms with Crippen molar-refractivity contribution in [3.8, 4) is 5.75 Å². The molecule has 4 N–H and O–H groups in total. The molecule has 6 heteroatoms. The summed E-state index contributed by atoms with van der Waals surface area (Å²) < 4.78 is 6.05. The first-order valence-electron chi connectivity index (χ1n) is 7.16. The van der Waals surface area contributed by atoms with E-state index in [0.29, 0.717) is 11.7 Å². The van der Waals surface area contributed by atoms with Crippen LogP contribution in [-0.4, -0.2) is 34.6 Å². The summed E-state index contributed by atoms with van der Waals surface area (Å²) in [5.74, 6) is 1.92. The van der Waals surface area contributed by atoms with Crippen LogP contribution in [0.25, 0.3) is 21.9 Å². The van der Waals surface area contributed by atoms with Crippen molar-refractivity contribution in [2.24, 2.45) is 5.92 Å². The molecule has 0 spiro atoms. The third-order valence-corrected chi connectivity index (χ3v) is 4.00. The second kappa shape index (κ2) is 4.89. The van der Waals surface area contributed by atoms with Crippen molar-refractivity contribution in [3.05, 3.63) is 24.5 Å². The van der Waals surface area contributed by atoms with Crippen molar-refractivity contribution in [1.29, 1.82) is 0 Å². The summed E-state index contributed by atoms with van der Waals surface area (Å²) in [7, 11) is 0. The van der Waals surface area contributed by atoms with Gasteiger partial charge in [-0.2, -0.15) is 0 Å². The molecule has 21 heavy (non-hydrogen) atoms. The molecule has 3 aromatic heterocycles. The van der Waals surface area contributed by atoms with E-state index in [4.69, 9.17) is 10.5 Å². The number of rotatable bonds is 3. The molecule has 108 valence electrons. The first kappa shape index (κ1) is 12.4. The zero-order valence-corrected chi connectivity index (χ0v) is 11.6. The van der Waals surface area contributed by atoms with Gasteiger partial charge in [0, 0.05) is 24.0 Å². The monoisotopic (exact) mass is 283 g/mol. The van der Waals surface area contributed by atoms with Gasteiger partial charge in [0.15, 0.2) is 0 Å². The molecule has 1 fully saturated rings. The summed E-state index contributed by atoms with van der Waals surface area (Å²) in [6.07, 6.45) is 4.66. The molecule has 1 saturated heterocycles. The maximum Gasteiger partial charge on any atom is 0.142 e. The van der Waals surface area contributed by atoms with Crippen LogP contribution in [0.3, 0.4) is 0 Å². The Morgan fingerprint density at radius 3 is 3.19 bits per heavy atom. The molecule has 1 atom stereocenters. The predicted octanol–water partition coefficient (Wildman–Crippen LogP) is 1.68. The van der Waals surface area contributed by atoms with Crippen molar-refractivity contribution in [1.82, 2.24) is 20.3 Å². The molecule has 0 amide bonds. The second-order valence-corrected chi connectivity index (χ2v) is 5.48. The van der Waals surface area contributed by atoms with Gasteiger partial charge in [0.05, 0.1) is 23.7 Å². The van der Waals surface area contributed by atoms with Crippen LogP contribution < -0.4 is 15.8 Å². The van der Waals surface area contributed by atoms with Gasteiger partial charge in [-0.05, 0) is 25.1 Å². The molecule has 4 heterocycles. The largest absolute Gasteiger partial charge is 0.492 e. The number of aromatic amines is 1. The van der Waals surface area contributed by atoms with Crippen LogP contribution in [0, 0.1) is 5.92 Å². The highest BCUT2D eigenvalue weighted by Crippen LogP contribution is 2.32. The van der Waals surface area contributed by atoms with Crippen LogP contribution in [0.4, 0.5) is 5.82 Å². The van der Waals surface area contributed by atoms with Crippen LogP contribution in [-0.2, 0) is 0 Å². The van der Waals surface area contributed by atoms with Gasteiger partial charge in [0.1, 0.15) is 17.2 Å². The summed E-state index contributed by atoms with van der Waals surface area (Å²) in [4.78, 5) is 11.7. The van der Waals surface area contributed by atoms with Crippen LogP contribution in [0.2, 0.25) is 0 Å². The summed E-state index contributed by atoms with van der Waals surface area (Å²) in [5.41, 5.74) is 7.53. The van der Waals surface area contributed by atoms with Crippen molar-refractivity contribution in [3.63, 3.8) is 0 Å². The highest BCUT2D eigenvalue weighted by atomic mass is 16.5. The van der Waals surface area contributed by atoms with Crippen LogP contribution >= 0.6 is 0 Å². The number of aromatic nitrogens is 3. The molecule has 3 aromatic rings. The van der Waals surface area contributed by atoms with E-state index in [1.807, 2.05) is 12.1 Å². The number of ether oxygens (including phenoxy) is 1.